The zero-order chi connectivity index (χ0) is 29.3. The van der Waals surface area contributed by atoms with E-state index in [2.05, 4.69) is 22.4 Å². The molecule has 10 nitrogen and oxygen atoms in total. The van der Waals surface area contributed by atoms with E-state index in [-0.39, 0.29) is 23.9 Å². The molecule has 1 saturated carbocycles. The van der Waals surface area contributed by atoms with Crippen LogP contribution < -0.4 is 5.32 Å². The molecule has 1 saturated heterocycles. The van der Waals surface area contributed by atoms with Crippen LogP contribution in [0.25, 0.3) is 11.0 Å². The maximum Gasteiger partial charge on any atom is 0.410 e. The van der Waals surface area contributed by atoms with Gasteiger partial charge in [-0.1, -0.05) is 37.9 Å². The second-order valence-electron chi connectivity index (χ2n) is 12.3. The summed E-state index contributed by atoms with van der Waals surface area (Å²) in [7, 11) is 0. The first-order valence-electron chi connectivity index (χ1n) is 14.5. The average molecular weight is 570 g/mol. The minimum absolute atomic E-state index is 0.137. The molecular weight excluding hydrogens is 529 g/mol. The Bertz CT molecular complexity index is 1390. The van der Waals surface area contributed by atoms with E-state index in [0.29, 0.717) is 53.7 Å². The van der Waals surface area contributed by atoms with E-state index >= 15 is 4.39 Å². The predicted molar refractivity (Wildman–Crippen MR) is 150 cm³/mol. The quantitative estimate of drug-likeness (QED) is 0.381. The lowest BCUT2D eigenvalue weighted by Gasteiger charge is -2.36. The minimum atomic E-state index is -0.680. The number of rotatable bonds is 6. The van der Waals surface area contributed by atoms with Crippen molar-refractivity contribution in [3.63, 3.8) is 0 Å². The number of hydrogen-bond donors (Lipinski definition) is 2. The Balaban J connectivity index is 1.47. The van der Waals surface area contributed by atoms with E-state index in [1.165, 1.54) is 11.2 Å². The van der Waals surface area contributed by atoms with Gasteiger partial charge in [0, 0.05) is 12.1 Å². The molecule has 222 valence electrons. The highest BCUT2D eigenvalue weighted by atomic mass is 19.1. The van der Waals surface area contributed by atoms with Crippen LogP contribution in [0, 0.1) is 17.7 Å². The molecule has 3 heterocycles. The van der Waals surface area contributed by atoms with Crippen LogP contribution in [-0.4, -0.2) is 57.4 Å². The molecule has 1 aromatic carbocycles. The monoisotopic (exact) mass is 569 g/mol. The molecule has 2 atom stereocenters. The van der Waals surface area contributed by atoms with Gasteiger partial charge >= 0.3 is 6.09 Å². The van der Waals surface area contributed by atoms with Gasteiger partial charge in [0.05, 0.1) is 36.5 Å². The van der Waals surface area contributed by atoms with Crippen LogP contribution in [0.2, 0.25) is 0 Å². The van der Waals surface area contributed by atoms with Crippen molar-refractivity contribution in [2.24, 2.45) is 11.8 Å². The molecule has 1 aliphatic heterocycles. The smallest absolute Gasteiger partial charge is 0.410 e. The van der Waals surface area contributed by atoms with Gasteiger partial charge in [-0.15, -0.1) is 0 Å². The molecular formula is C30H40FN5O5. The molecule has 11 heteroatoms. The highest BCUT2D eigenvalue weighted by Crippen LogP contribution is 2.38. The molecule has 0 bridgehead atoms. The van der Waals surface area contributed by atoms with Gasteiger partial charge in [-0.2, -0.15) is 0 Å². The maximum atomic E-state index is 16.2. The highest BCUT2D eigenvalue weighted by molar-refractivity contribution is 5.95. The Labute approximate surface area is 239 Å². The van der Waals surface area contributed by atoms with Gasteiger partial charge in [-0.3, -0.25) is 9.69 Å². The number of morpholine rings is 1. The van der Waals surface area contributed by atoms with E-state index < -0.39 is 29.6 Å². The van der Waals surface area contributed by atoms with Gasteiger partial charge in [0.25, 0.3) is 5.91 Å². The molecule has 3 aromatic rings. The summed E-state index contributed by atoms with van der Waals surface area (Å²) in [5.74, 6) is 0.443. The van der Waals surface area contributed by atoms with Gasteiger partial charge < -0.3 is 24.3 Å². The lowest BCUT2D eigenvalue weighted by atomic mass is 9.79. The van der Waals surface area contributed by atoms with Gasteiger partial charge in [-0.05, 0) is 57.9 Å². The molecule has 2 aromatic heterocycles. The number of carbonyl (C=O) groups excluding carboxylic acids is 2. The van der Waals surface area contributed by atoms with Gasteiger partial charge in [0.1, 0.15) is 28.8 Å². The molecule has 2 amide bonds. The second-order valence-corrected chi connectivity index (χ2v) is 12.3. The molecule has 2 fully saturated rings. The highest BCUT2D eigenvalue weighted by Gasteiger charge is 2.36. The van der Waals surface area contributed by atoms with Crippen LogP contribution in [-0.2, 0) is 15.9 Å². The molecule has 1 aliphatic carbocycles. The first kappa shape index (κ1) is 29.0. The summed E-state index contributed by atoms with van der Waals surface area (Å²) in [5.41, 5.74) is 1.29. The normalized spacial score (nSPS) is 22.5. The number of aryl methyl sites for hydroxylation is 1. The van der Waals surface area contributed by atoms with Crippen LogP contribution in [0.15, 0.2) is 22.9 Å². The van der Waals surface area contributed by atoms with Crippen LogP contribution in [0.5, 0.6) is 0 Å². The molecule has 1 unspecified atom stereocenters. The van der Waals surface area contributed by atoms with Crippen molar-refractivity contribution in [1.82, 2.24) is 25.3 Å². The number of H-pyrrole nitrogens is 1. The molecule has 0 radical (unpaired) electrons. The summed E-state index contributed by atoms with van der Waals surface area (Å²) in [5, 5.41) is 7.09. The second kappa shape index (κ2) is 11.8. The summed E-state index contributed by atoms with van der Waals surface area (Å²) in [6.07, 6.45) is 5.35. The standard InChI is InChI=1S/C30H40FN5O5/c1-6-21-20(15-40-35-21)28(37)34-25(18-9-7-17(2)8-10-18)27-32-22-12-11-19(24(31)26(22)33-27)23-16-39-14-13-36(23)29(38)41-30(3,4)5/h11-12,15,17-18,23,25H,6-10,13-14,16H2,1-5H3,(H,32,33)(H,34,37)/t17?,18?,23?,25-/m0/s1. The topological polar surface area (TPSA) is 123 Å². The molecule has 2 aliphatic rings. The third-order valence-corrected chi connectivity index (χ3v) is 8.09. The predicted octanol–water partition coefficient (Wildman–Crippen LogP) is 5.86. The van der Waals surface area contributed by atoms with E-state index in [1.807, 2.05) is 6.92 Å². The largest absolute Gasteiger partial charge is 0.444 e. The average Bonchev–Trinajstić information content (AvgIpc) is 3.59. The van der Waals surface area contributed by atoms with Crippen LogP contribution in [0.3, 0.4) is 0 Å². The van der Waals surface area contributed by atoms with Crippen molar-refractivity contribution < 1.29 is 28.0 Å². The number of halogens is 1. The summed E-state index contributed by atoms with van der Waals surface area (Å²) in [6.45, 7) is 10.3. The van der Waals surface area contributed by atoms with E-state index in [0.717, 1.165) is 25.7 Å². The van der Waals surface area contributed by atoms with Crippen molar-refractivity contribution in [3.8, 4) is 0 Å². The van der Waals surface area contributed by atoms with Crippen molar-refractivity contribution in [2.75, 3.05) is 19.8 Å². The Morgan fingerprint density at radius 1 is 1.24 bits per heavy atom. The van der Waals surface area contributed by atoms with Crippen molar-refractivity contribution in [2.45, 2.75) is 84.4 Å². The zero-order valence-corrected chi connectivity index (χ0v) is 24.5. The number of benzene rings is 1. The lowest BCUT2D eigenvalue weighted by molar-refractivity contribution is -0.0337. The van der Waals surface area contributed by atoms with Crippen LogP contribution in [0.1, 0.15) is 99.8 Å². The fourth-order valence-corrected chi connectivity index (χ4v) is 5.83. The van der Waals surface area contributed by atoms with Crippen LogP contribution in [0.4, 0.5) is 9.18 Å². The molecule has 41 heavy (non-hydrogen) atoms. The lowest BCUT2D eigenvalue weighted by Crippen LogP contribution is -2.46. The summed E-state index contributed by atoms with van der Waals surface area (Å²) in [6, 6.07) is 2.33. The summed E-state index contributed by atoms with van der Waals surface area (Å²) in [4.78, 5) is 35.8. The maximum absolute atomic E-state index is 16.2. The number of imidazole rings is 1. The first-order chi connectivity index (χ1) is 19.6. The number of aromatic nitrogens is 3. The summed E-state index contributed by atoms with van der Waals surface area (Å²) < 4.78 is 32.4. The number of ether oxygens (including phenoxy) is 2. The molecule has 5 rings (SSSR count). The number of nitrogens with zero attached hydrogens (tertiary/aromatic N) is 3. The number of hydrogen-bond acceptors (Lipinski definition) is 7. The van der Waals surface area contributed by atoms with Gasteiger partial charge in [0.2, 0.25) is 0 Å². The van der Waals surface area contributed by atoms with E-state index in [9.17, 15) is 9.59 Å². The molecule has 2 N–H and O–H groups in total. The number of carbonyl (C=O) groups is 2. The van der Waals surface area contributed by atoms with E-state index in [1.54, 1.807) is 32.9 Å². The SMILES string of the molecule is CCc1nocc1C(=O)N[C@H](c1nc2c(F)c(C3COCCN3C(=O)OC(C)(C)C)ccc2[nH]1)C1CCC(C)CC1. The summed E-state index contributed by atoms with van der Waals surface area (Å²) >= 11 is 0. The Kier molecular flexibility index (Phi) is 8.35. The van der Waals surface area contributed by atoms with Gasteiger partial charge in [-0.25, -0.2) is 14.2 Å². The van der Waals surface area contributed by atoms with E-state index in [4.69, 9.17) is 19.0 Å². The van der Waals surface area contributed by atoms with Crippen molar-refractivity contribution in [1.29, 1.82) is 0 Å². The molecule has 0 spiro atoms. The minimum Gasteiger partial charge on any atom is -0.444 e. The number of aromatic amines is 1. The van der Waals surface area contributed by atoms with Crippen molar-refractivity contribution in [3.05, 3.63) is 46.9 Å². The first-order valence-corrected chi connectivity index (χ1v) is 14.5. The third kappa shape index (κ3) is 6.24. The Morgan fingerprint density at radius 3 is 2.71 bits per heavy atom. The zero-order valence-electron chi connectivity index (χ0n) is 24.5. The Hall–Kier alpha value is -3.47. The van der Waals surface area contributed by atoms with Crippen LogP contribution >= 0.6 is 0 Å². The third-order valence-electron chi connectivity index (χ3n) is 8.09. The van der Waals surface area contributed by atoms with Gasteiger partial charge in [0.15, 0.2) is 5.82 Å². The van der Waals surface area contributed by atoms with Crippen molar-refractivity contribution >= 4 is 23.0 Å². The fraction of sp³-hybridized carbons (Fsp3) is 0.600. The number of nitrogens with one attached hydrogen (secondary N) is 2. The fourth-order valence-electron chi connectivity index (χ4n) is 5.83. The Morgan fingerprint density at radius 2 is 2.00 bits per heavy atom. The number of fused-ring (bicyclic) bond motifs is 1. The number of amides is 2.